The van der Waals surface area contributed by atoms with Crippen molar-refractivity contribution in [2.24, 2.45) is 0 Å². The molecule has 1 fully saturated rings. The summed E-state index contributed by atoms with van der Waals surface area (Å²) in [6.07, 6.45) is 2.38. The molecule has 1 aliphatic heterocycles. The number of sulfonamides is 1. The van der Waals surface area contributed by atoms with E-state index < -0.39 is 10.0 Å². The highest BCUT2D eigenvalue weighted by molar-refractivity contribution is 7.89. The first kappa shape index (κ1) is 20.6. The zero-order valence-corrected chi connectivity index (χ0v) is 17.1. The van der Waals surface area contributed by atoms with Gasteiger partial charge in [-0.3, -0.25) is 0 Å². The summed E-state index contributed by atoms with van der Waals surface area (Å²) in [4.78, 5) is 6.82. The number of rotatable bonds is 9. The third-order valence-corrected chi connectivity index (χ3v) is 6.64. The second kappa shape index (κ2) is 9.86. The van der Waals surface area contributed by atoms with Crippen molar-refractivity contribution in [1.29, 1.82) is 0 Å². The van der Waals surface area contributed by atoms with Gasteiger partial charge in [-0.2, -0.15) is 4.31 Å². The largest absolute Gasteiger partial charge is 0.379 e. The molecule has 28 heavy (non-hydrogen) atoms. The van der Waals surface area contributed by atoms with E-state index in [1.807, 2.05) is 18.2 Å². The van der Waals surface area contributed by atoms with Gasteiger partial charge in [0, 0.05) is 44.6 Å². The number of morpholine rings is 1. The average Bonchev–Trinajstić information content (AvgIpc) is 2.75. The Morgan fingerprint density at radius 2 is 1.89 bits per heavy atom. The minimum atomic E-state index is -3.49. The van der Waals surface area contributed by atoms with Crippen LogP contribution in [0.5, 0.6) is 0 Å². The van der Waals surface area contributed by atoms with E-state index >= 15 is 0 Å². The molecule has 0 aliphatic carbocycles. The molecular weight excluding hydrogens is 376 g/mol. The lowest BCUT2D eigenvalue weighted by Gasteiger charge is -2.25. The molecule has 8 heteroatoms. The van der Waals surface area contributed by atoms with E-state index in [2.05, 4.69) is 34.3 Å². The van der Waals surface area contributed by atoms with Gasteiger partial charge in [-0.25, -0.2) is 13.4 Å². The molecule has 0 amide bonds. The number of anilines is 2. The lowest BCUT2D eigenvalue weighted by molar-refractivity contribution is 0.0730. The Kier molecular flexibility index (Phi) is 7.24. The topological polar surface area (TPSA) is 74.8 Å². The van der Waals surface area contributed by atoms with Gasteiger partial charge in [0.25, 0.3) is 0 Å². The molecule has 0 radical (unpaired) electrons. The number of hydrogen-bond donors (Lipinski definition) is 1. The lowest BCUT2D eigenvalue weighted by Crippen LogP contribution is -2.40. The Bertz CT molecular complexity index is 822. The predicted molar refractivity (Wildman–Crippen MR) is 111 cm³/mol. The van der Waals surface area contributed by atoms with E-state index in [0.717, 1.165) is 26.1 Å². The Balaban J connectivity index is 1.49. The van der Waals surface area contributed by atoms with Gasteiger partial charge in [0.15, 0.2) is 0 Å². The number of nitrogens with one attached hydrogen (secondary N) is 1. The van der Waals surface area contributed by atoms with Gasteiger partial charge in [0.2, 0.25) is 10.0 Å². The van der Waals surface area contributed by atoms with E-state index in [9.17, 15) is 8.42 Å². The molecule has 0 spiro atoms. The number of hydrogen-bond acceptors (Lipinski definition) is 6. The third-order valence-electron chi connectivity index (χ3n) is 4.76. The maximum absolute atomic E-state index is 12.6. The fourth-order valence-corrected chi connectivity index (χ4v) is 4.52. The Morgan fingerprint density at radius 1 is 1.14 bits per heavy atom. The first-order chi connectivity index (χ1) is 13.6. The molecule has 1 aliphatic rings. The van der Waals surface area contributed by atoms with Crippen LogP contribution in [0.25, 0.3) is 0 Å². The molecule has 1 N–H and O–H groups in total. The summed E-state index contributed by atoms with van der Waals surface area (Å²) in [6, 6.07) is 13.7. The van der Waals surface area contributed by atoms with Crippen LogP contribution >= 0.6 is 0 Å². The van der Waals surface area contributed by atoms with Gasteiger partial charge in [-0.1, -0.05) is 18.2 Å². The van der Waals surface area contributed by atoms with Crippen LogP contribution in [-0.2, 0) is 14.8 Å². The van der Waals surface area contributed by atoms with E-state index in [-0.39, 0.29) is 4.90 Å². The summed E-state index contributed by atoms with van der Waals surface area (Å²) >= 11 is 0. The highest BCUT2D eigenvalue weighted by Crippen LogP contribution is 2.18. The highest BCUT2D eigenvalue weighted by Gasteiger charge is 2.26. The van der Waals surface area contributed by atoms with Gasteiger partial charge in [0.1, 0.15) is 10.7 Å². The van der Waals surface area contributed by atoms with Crippen molar-refractivity contribution in [3.8, 4) is 0 Å². The van der Waals surface area contributed by atoms with Gasteiger partial charge in [-0.05, 0) is 37.6 Å². The first-order valence-corrected chi connectivity index (χ1v) is 11.1. The maximum Gasteiger partial charge on any atom is 0.244 e. The number of pyridine rings is 1. The summed E-state index contributed by atoms with van der Waals surface area (Å²) < 4.78 is 31.9. The zero-order valence-electron chi connectivity index (χ0n) is 16.3. The van der Waals surface area contributed by atoms with Crippen molar-refractivity contribution in [3.63, 3.8) is 0 Å². The monoisotopic (exact) mass is 404 g/mol. The predicted octanol–water partition coefficient (Wildman–Crippen LogP) is 2.43. The standard InChI is InChI=1S/C20H28N4O3S/c1-2-23(18-7-4-3-5-8-18)12-6-11-21-20-10-9-19(17-22-20)28(25,26)24-13-15-27-16-14-24/h3-5,7-10,17H,2,6,11-16H2,1H3,(H,21,22). The van der Waals surface area contributed by atoms with Crippen molar-refractivity contribution in [1.82, 2.24) is 9.29 Å². The van der Waals surface area contributed by atoms with Gasteiger partial charge >= 0.3 is 0 Å². The molecule has 1 saturated heterocycles. The van der Waals surface area contributed by atoms with Gasteiger partial charge in [-0.15, -0.1) is 0 Å². The van der Waals surface area contributed by atoms with Crippen LogP contribution in [0.3, 0.4) is 0 Å². The Morgan fingerprint density at radius 3 is 2.54 bits per heavy atom. The number of para-hydroxylation sites is 1. The molecule has 152 valence electrons. The van der Waals surface area contributed by atoms with Crippen molar-refractivity contribution in [3.05, 3.63) is 48.7 Å². The molecule has 2 heterocycles. The smallest absolute Gasteiger partial charge is 0.244 e. The molecule has 0 bridgehead atoms. The summed E-state index contributed by atoms with van der Waals surface area (Å²) in [6.45, 7) is 6.46. The number of benzene rings is 1. The van der Waals surface area contributed by atoms with Crippen LogP contribution < -0.4 is 10.2 Å². The number of aromatic nitrogens is 1. The Hall–Kier alpha value is -2.16. The highest BCUT2D eigenvalue weighted by atomic mass is 32.2. The molecule has 2 aromatic rings. The van der Waals surface area contributed by atoms with Gasteiger partial charge < -0.3 is 15.0 Å². The molecular formula is C20H28N4O3S. The Labute approximate surface area is 167 Å². The number of nitrogens with zero attached hydrogens (tertiary/aromatic N) is 3. The average molecular weight is 405 g/mol. The maximum atomic E-state index is 12.6. The molecule has 7 nitrogen and oxygen atoms in total. The first-order valence-electron chi connectivity index (χ1n) is 9.69. The van der Waals surface area contributed by atoms with Crippen LogP contribution in [-0.4, -0.2) is 63.6 Å². The van der Waals surface area contributed by atoms with Crippen LogP contribution in [0.1, 0.15) is 13.3 Å². The second-order valence-corrected chi connectivity index (χ2v) is 8.53. The van der Waals surface area contributed by atoms with E-state index in [1.54, 1.807) is 12.1 Å². The fraction of sp³-hybridized carbons (Fsp3) is 0.450. The van der Waals surface area contributed by atoms with Crippen LogP contribution in [0, 0.1) is 0 Å². The van der Waals surface area contributed by atoms with Gasteiger partial charge in [0.05, 0.1) is 13.2 Å². The summed E-state index contributed by atoms with van der Waals surface area (Å²) in [5.74, 6) is 0.684. The summed E-state index contributed by atoms with van der Waals surface area (Å²) in [7, 11) is -3.49. The normalized spacial score (nSPS) is 15.3. The van der Waals surface area contributed by atoms with Crippen molar-refractivity contribution in [2.45, 2.75) is 18.2 Å². The molecule has 0 unspecified atom stereocenters. The van der Waals surface area contributed by atoms with E-state index in [0.29, 0.717) is 32.1 Å². The molecule has 1 aromatic heterocycles. The van der Waals surface area contributed by atoms with Crippen LogP contribution in [0.15, 0.2) is 53.6 Å². The molecule has 3 rings (SSSR count). The van der Waals surface area contributed by atoms with Crippen LogP contribution in [0.4, 0.5) is 11.5 Å². The lowest BCUT2D eigenvalue weighted by atomic mass is 10.2. The fourth-order valence-electron chi connectivity index (χ4n) is 3.17. The second-order valence-electron chi connectivity index (χ2n) is 6.59. The molecule has 0 atom stereocenters. The zero-order chi connectivity index (χ0) is 19.8. The summed E-state index contributed by atoms with van der Waals surface area (Å²) in [5.41, 5.74) is 1.22. The minimum Gasteiger partial charge on any atom is -0.379 e. The van der Waals surface area contributed by atoms with Crippen LogP contribution in [0.2, 0.25) is 0 Å². The molecule has 1 aromatic carbocycles. The van der Waals surface area contributed by atoms with E-state index in [1.165, 1.54) is 16.2 Å². The van der Waals surface area contributed by atoms with Crippen molar-refractivity contribution >= 4 is 21.5 Å². The number of ether oxygens (including phenoxy) is 1. The van der Waals surface area contributed by atoms with Crippen molar-refractivity contribution < 1.29 is 13.2 Å². The minimum absolute atomic E-state index is 0.223. The van der Waals surface area contributed by atoms with Crippen molar-refractivity contribution in [2.75, 3.05) is 56.2 Å². The SMILES string of the molecule is CCN(CCCNc1ccc(S(=O)(=O)N2CCOCC2)cn1)c1ccccc1. The van der Waals surface area contributed by atoms with E-state index in [4.69, 9.17) is 4.74 Å². The molecule has 0 saturated carbocycles. The summed E-state index contributed by atoms with van der Waals surface area (Å²) in [5, 5.41) is 3.27. The quantitative estimate of drug-likeness (QED) is 0.647. The third kappa shape index (κ3) is 5.21.